The highest BCUT2D eigenvalue weighted by molar-refractivity contribution is 8.00. The predicted octanol–water partition coefficient (Wildman–Crippen LogP) is 5.79. The van der Waals surface area contributed by atoms with Gasteiger partial charge in [-0.25, -0.2) is 0 Å². The molecule has 0 atom stereocenters. The first-order valence-electron chi connectivity index (χ1n) is 13.7. The van der Waals surface area contributed by atoms with E-state index in [1.165, 1.54) is 24.4 Å². The fraction of sp³-hybridized carbons (Fsp3) is 0.147. The molecule has 218 valence electrons. The third-order valence-electron chi connectivity index (χ3n) is 6.93. The van der Waals surface area contributed by atoms with Crippen molar-refractivity contribution in [1.29, 1.82) is 0 Å². The maximum Gasteiger partial charge on any atom is 0.272 e. The summed E-state index contributed by atoms with van der Waals surface area (Å²) in [6, 6.07) is 29.0. The number of carbonyl (C=O) groups is 3. The van der Waals surface area contributed by atoms with Crippen molar-refractivity contribution in [3.63, 3.8) is 0 Å². The third-order valence-corrected chi connectivity index (χ3v) is 7.93. The van der Waals surface area contributed by atoms with Gasteiger partial charge in [0.15, 0.2) is 0 Å². The standard InChI is InChI=1S/C34H31N3O5S/c1-41-27-14-17-31(42-2)25(20-27)21-29(36-33(39)24-9-4-3-5-10-24)34(40)35-26-12-15-28(16-13-26)43-22-32(38)37-19-18-23-8-6-7-11-30(23)37/h3-17,20-21H,18-19,22H2,1-2H3,(H,35,40)(H,36,39)/b29-21-. The van der Waals surface area contributed by atoms with Crippen molar-refractivity contribution in [2.75, 3.05) is 36.7 Å². The number of nitrogens with zero attached hydrogens (tertiary/aromatic N) is 1. The maximum atomic E-state index is 13.5. The molecule has 0 aromatic heterocycles. The first-order valence-corrected chi connectivity index (χ1v) is 14.7. The van der Waals surface area contributed by atoms with E-state index >= 15 is 0 Å². The summed E-state index contributed by atoms with van der Waals surface area (Å²) >= 11 is 1.44. The molecular weight excluding hydrogens is 562 g/mol. The fourth-order valence-corrected chi connectivity index (χ4v) is 5.48. The van der Waals surface area contributed by atoms with Gasteiger partial charge in [0.2, 0.25) is 5.91 Å². The summed E-state index contributed by atoms with van der Waals surface area (Å²) in [5.74, 6) is 0.499. The number of amides is 3. The Balaban J connectivity index is 1.29. The number of thioether (sulfide) groups is 1. The van der Waals surface area contributed by atoms with Gasteiger partial charge in [-0.1, -0.05) is 36.4 Å². The topological polar surface area (TPSA) is 97.0 Å². The molecule has 1 aliphatic rings. The molecule has 2 N–H and O–H groups in total. The first-order chi connectivity index (χ1) is 20.9. The molecule has 3 amide bonds. The van der Waals surface area contributed by atoms with Crippen LogP contribution in [0.15, 0.2) is 108 Å². The number of rotatable bonds is 10. The van der Waals surface area contributed by atoms with Crippen LogP contribution in [0.25, 0.3) is 6.08 Å². The average Bonchev–Trinajstić information content (AvgIpc) is 3.48. The minimum atomic E-state index is -0.516. The van der Waals surface area contributed by atoms with Crippen LogP contribution in [0, 0.1) is 0 Å². The predicted molar refractivity (Wildman–Crippen MR) is 170 cm³/mol. The molecule has 0 spiro atoms. The van der Waals surface area contributed by atoms with E-state index < -0.39 is 11.8 Å². The summed E-state index contributed by atoms with van der Waals surface area (Å²) in [6.45, 7) is 0.696. The second kappa shape index (κ2) is 13.8. The largest absolute Gasteiger partial charge is 0.497 e. The van der Waals surface area contributed by atoms with Crippen LogP contribution in [0.2, 0.25) is 0 Å². The molecule has 5 rings (SSSR count). The number of hydrogen-bond donors (Lipinski definition) is 2. The van der Waals surface area contributed by atoms with Crippen LogP contribution in [0.3, 0.4) is 0 Å². The van der Waals surface area contributed by atoms with Gasteiger partial charge in [-0.05, 0) is 78.7 Å². The van der Waals surface area contributed by atoms with Crippen LogP contribution in [0.4, 0.5) is 11.4 Å². The Labute approximate surface area is 254 Å². The van der Waals surface area contributed by atoms with Crippen molar-refractivity contribution in [3.05, 3.63) is 119 Å². The van der Waals surface area contributed by atoms with E-state index in [-0.39, 0.29) is 11.6 Å². The molecule has 1 aliphatic heterocycles. The molecular formula is C34H31N3O5S. The fourth-order valence-electron chi connectivity index (χ4n) is 4.70. The Morgan fingerprint density at radius 3 is 2.37 bits per heavy atom. The van der Waals surface area contributed by atoms with Crippen molar-refractivity contribution in [3.8, 4) is 11.5 Å². The number of para-hydroxylation sites is 1. The zero-order valence-corrected chi connectivity index (χ0v) is 24.6. The Morgan fingerprint density at radius 2 is 1.63 bits per heavy atom. The lowest BCUT2D eigenvalue weighted by Gasteiger charge is -2.17. The van der Waals surface area contributed by atoms with Crippen LogP contribution in [0.5, 0.6) is 11.5 Å². The second-order valence-corrected chi connectivity index (χ2v) is 10.7. The van der Waals surface area contributed by atoms with Gasteiger partial charge in [-0.3, -0.25) is 14.4 Å². The average molecular weight is 594 g/mol. The normalized spacial score (nSPS) is 12.3. The summed E-state index contributed by atoms with van der Waals surface area (Å²) < 4.78 is 10.8. The van der Waals surface area contributed by atoms with Crippen LogP contribution >= 0.6 is 11.8 Å². The molecule has 4 aromatic rings. The number of carbonyl (C=O) groups excluding carboxylic acids is 3. The highest BCUT2D eigenvalue weighted by Gasteiger charge is 2.24. The minimum absolute atomic E-state index is 0.0235. The van der Waals surface area contributed by atoms with E-state index in [4.69, 9.17) is 9.47 Å². The zero-order valence-electron chi connectivity index (χ0n) is 23.8. The number of benzene rings is 4. The van der Waals surface area contributed by atoms with E-state index in [9.17, 15) is 14.4 Å². The SMILES string of the molecule is COc1ccc(OC)c(/C=C(\NC(=O)c2ccccc2)C(=O)Nc2ccc(SCC(=O)N3CCc4ccccc43)cc2)c1. The van der Waals surface area contributed by atoms with Gasteiger partial charge < -0.3 is 25.0 Å². The molecule has 0 unspecified atom stereocenters. The molecule has 43 heavy (non-hydrogen) atoms. The lowest BCUT2D eigenvalue weighted by molar-refractivity contribution is -0.116. The second-order valence-electron chi connectivity index (χ2n) is 9.68. The molecule has 9 heteroatoms. The van der Waals surface area contributed by atoms with Crippen molar-refractivity contribution in [2.24, 2.45) is 0 Å². The Hall–Kier alpha value is -5.02. The van der Waals surface area contributed by atoms with Gasteiger partial charge in [0.05, 0.1) is 20.0 Å². The summed E-state index contributed by atoms with van der Waals surface area (Å²) in [6.07, 6.45) is 2.41. The number of methoxy groups -OCH3 is 2. The number of fused-ring (bicyclic) bond motifs is 1. The van der Waals surface area contributed by atoms with Crippen molar-refractivity contribution >= 4 is 46.9 Å². The maximum absolute atomic E-state index is 13.5. The summed E-state index contributed by atoms with van der Waals surface area (Å²) in [4.78, 5) is 42.1. The van der Waals surface area contributed by atoms with E-state index in [1.807, 2.05) is 41.3 Å². The van der Waals surface area contributed by atoms with E-state index in [0.717, 1.165) is 17.0 Å². The van der Waals surface area contributed by atoms with E-state index in [0.29, 0.717) is 40.6 Å². The first kappa shape index (κ1) is 29.5. The van der Waals surface area contributed by atoms with Gasteiger partial charge in [0, 0.05) is 33.9 Å². The molecule has 0 fully saturated rings. The number of anilines is 2. The molecule has 0 saturated heterocycles. The molecule has 0 aliphatic carbocycles. The van der Waals surface area contributed by atoms with Crippen molar-refractivity contribution < 1.29 is 23.9 Å². The van der Waals surface area contributed by atoms with Gasteiger partial charge in [-0.15, -0.1) is 11.8 Å². The van der Waals surface area contributed by atoms with Gasteiger partial charge in [0.25, 0.3) is 11.8 Å². The molecule has 0 bridgehead atoms. The van der Waals surface area contributed by atoms with Crippen LogP contribution in [-0.2, 0) is 16.0 Å². The van der Waals surface area contributed by atoms with E-state index in [1.54, 1.807) is 67.8 Å². The van der Waals surface area contributed by atoms with Crippen LogP contribution in [0.1, 0.15) is 21.5 Å². The molecule has 0 radical (unpaired) electrons. The summed E-state index contributed by atoms with van der Waals surface area (Å²) in [5, 5.41) is 5.59. The molecule has 0 saturated carbocycles. The third kappa shape index (κ3) is 7.25. The smallest absolute Gasteiger partial charge is 0.272 e. The summed E-state index contributed by atoms with van der Waals surface area (Å²) in [7, 11) is 3.07. The molecule has 4 aromatic carbocycles. The van der Waals surface area contributed by atoms with Crippen LogP contribution < -0.4 is 25.0 Å². The van der Waals surface area contributed by atoms with Crippen molar-refractivity contribution in [1.82, 2.24) is 5.32 Å². The van der Waals surface area contributed by atoms with E-state index in [2.05, 4.69) is 16.7 Å². The highest BCUT2D eigenvalue weighted by atomic mass is 32.2. The van der Waals surface area contributed by atoms with Crippen LogP contribution in [-0.4, -0.2) is 44.2 Å². The number of hydrogen-bond acceptors (Lipinski definition) is 6. The molecule has 1 heterocycles. The van der Waals surface area contributed by atoms with Crippen molar-refractivity contribution in [2.45, 2.75) is 11.3 Å². The number of ether oxygens (including phenoxy) is 2. The minimum Gasteiger partial charge on any atom is -0.497 e. The van der Waals surface area contributed by atoms with Gasteiger partial charge in [-0.2, -0.15) is 0 Å². The summed E-state index contributed by atoms with van der Waals surface area (Å²) in [5.41, 5.74) is 3.70. The monoisotopic (exact) mass is 593 g/mol. The lowest BCUT2D eigenvalue weighted by atomic mass is 10.1. The van der Waals surface area contributed by atoms with Gasteiger partial charge in [0.1, 0.15) is 17.2 Å². The Kier molecular flexibility index (Phi) is 9.43. The zero-order chi connectivity index (χ0) is 30.2. The Morgan fingerprint density at radius 1 is 0.884 bits per heavy atom. The van der Waals surface area contributed by atoms with Gasteiger partial charge >= 0.3 is 0 Å². The quantitative estimate of drug-likeness (QED) is 0.178. The Bertz CT molecular complexity index is 1650. The highest BCUT2D eigenvalue weighted by Crippen LogP contribution is 2.30. The molecule has 8 nitrogen and oxygen atoms in total. The lowest BCUT2D eigenvalue weighted by Crippen LogP contribution is -2.30. The number of nitrogens with one attached hydrogen (secondary N) is 2.